The van der Waals surface area contributed by atoms with Gasteiger partial charge in [-0.2, -0.15) is 5.10 Å². The molecule has 0 bridgehead atoms. The van der Waals surface area contributed by atoms with Crippen molar-refractivity contribution in [1.82, 2.24) is 25.0 Å². The molecule has 2 amide bonds. The molecule has 1 aliphatic carbocycles. The molecule has 1 saturated heterocycles. The van der Waals surface area contributed by atoms with Crippen molar-refractivity contribution in [2.24, 2.45) is 5.92 Å². The van der Waals surface area contributed by atoms with Crippen LogP contribution >= 0.6 is 0 Å². The topological polar surface area (TPSA) is 80.1 Å². The highest BCUT2D eigenvalue weighted by atomic mass is 16.2. The van der Waals surface area contributed by atoms with Crippen LogP contribution in [0, 0.1) is 5.92 Å². The molecule has 2 heterocycles. The van der Waals surface area contributed by atoms with Crippen LogP contribution < -0.4 is 5.32 Å². The third-order valence-electron chi connectivity index (χ3n) is 6.95. The van der Waals surface area contributed by atoms with E-state index in [1.54, 1.807) is 11.0 Å². The summed E-state index contributed by atoms with van der Waals surface area (Å²) in [5.41, 5.74) is 2.81. The highest BCUT2D eigenvalue weighted by Gasteiger charge is 2.47. The van der Waals surface area contributed by atoms with Crippen molar-refractivity contribution in [2.75, 3.05) is 0 Å². The first-order valence-electron chi connectivity index (χ1n) is 11.7. The van der Waals surface area contributed by atoms with Gasteiger partial charge in [-0.25, -0.2) is 9.67 Å². The molecule has 1 N–H and O–H groups in total. The Morgan fingerprint density at radius 1 is 0.970 bits per heavy atom. The standard InChI is InChI=1S/C26H29N5O2/c32-25(28-15-19-10-12-20(13-11-19)16-30-18-27-17-29-30)24-14-22-8-4-5-9-23(22)31(24)26(33)21-6-2-1-3-7-21/h1-3,6-7,10-13,17-18,22-24H,4-5,8-9,14-16H2,(H,28,32). The minimum Gasteiger partial charge on any atom is -0.350 e. The summed E-state index contributed by atoms with van der Waals surface area (Å²) in [6.07, 6.45) is 8.36. The van der Waals surface area contributed by atoms with Crippen LogP contribution in [0.1, 0.15) is 53.6 Å². The number of amides is 2. The maximum atomic E-state index is 13.4. The molecule has 7 heteroatoms. The molecule has 33 heavy (non-hydrogen) atoms. The molecule has 170 valence electrons. The summed E-state index contributed by atoms with van der Waals surface area (Å²) in [4.78, 5) is 32.5. The van der Waals surface area contributed by atoms with Gasteiger partial charge in [-0.15, -0.1) is 0 Å². The molecule has 7 nitrogen and oxygen atoms in total. The molecule has 3 aromatic rings. The summed E-state index contributed by atoms with van der Waals surface area (Å²) in [7, 11) is 0. The van der Waals surface area contributed by atoms with E-state index in [9.17, 15) is 9.59 Å². The lowest BCUT2D eigenvalue weighted by Gasteiger charge is -2.33. The maximum absolute atomic E-state index is 13.4. The van der Waals surface area contributed by atoms with E-state index in [0.29, 0.717) is 24.6 Å². The van der Waals surface area contributed by atoms with Crippen LogP contribution in [0.5, 0.6) is 0 Å². The lowest BCUT2D eigenvalue weighted by atomic mass is 9.84. The van der Waals surface area contributed by atoms with E-state index in [1.165, 1.54) is 12.7 Å². The highest BCUT2D eigenvalue weighted by Crippen LogP contribution is 2.40. The minimum absolute atomic E-state index is 0.0254. The number of rotatable bonds is 6. The van der Waals surface area contributed by atoms with Gasteiger partial charge in [0.1, 0.15) is 18.7 Å². The molecule has 1 saturated carbocycles. The van der Waals surface area contributed by atoms with Crippen molar-refractivity contribution < 1.29 is 9.59 Å². The normalized spacial score (nSPS) is 22.1. The molecule has 2 aliphatic rings. The van der Waals surface area contributed by atoms with Gasteiger partial charge >= 0.3 is 0 Å². The molecular formula is C26H29N5O2. The quantitative estimate of drug-likeness (QED) is 0.633. The Balaban J connectivity index is 1.26. The van der Waals surface area contributed by atoms with Gasteiger partial charge in [0.15, 0.2) is 0 Å². The number of carbonyl (C=O) groups is 2. The van der Waals surface area contributed by atoms with Gasteiger partial charge in [0, 0.05) is 18.2 Å². The van der Waals surface area contributed by atoms with Crippen LogP contribution in [-0.4, -0.2) is 43.6 Å². The number of aromatic nitrogens is 3. The molecule has 0 radical (unpaired) electrons. The van der Waals surface area contributed by atoms with E-state index in [1.807, 2.05) is 59.5 Å². The minimum atomic E-state index is -0.405. The molecule has 1 aromatic heterocycles. The lowest BCUT2D eigenvalue weighted by Crippen LogP contribution is -2.49. The van der Waals surface area contributed by atoms with Crippen molar-refractivity contribution in [3.8, 4) is 0 Å². The third kappa shape index (κ3) is 4.67. The number of nitrogens with one attached hydrogen (secondary N) is 1. The van der Waals surface area contributed by atoms with Crippen LogP contribution in [0.4, 0.5) is 0 Å². The van der Waals surface area contributed by atoms with E-state index in [2.05, 4.69) is 15.4 Å². The molecule has 3 atom stereocenters. The molecule has 1 aliphatic heterocycles. The molecule has 2 aromatic carbocycles. The Morgan fingerprint density at radius 2 is 1.73 bits per heavy atom. The average molecular weight is 444 g/mol. The first-order chi connectivity index (χ1) is 16.2. The van der Waals surface area contributed by atoms with E-state index in [-0.39, 0.29) is 17.9 Å². The maximum Gasteiger partial charge on any atom is 0.254 e. The number of likely N-dealkylation sites (tertiary alicyclic amines) is 1. The second-order valence-electron chi connectivity index (χ2n) is 9.07. The average Bonchev–Trinajstić information content (AvgIpc) is 3.51. The van der Waals surface area contributed by atoms with Crippen molar-refractivity contribution in [3.05, 3.63) is 83.9 Å². The number of hydrogen-bond donors (Lipinski definition) is 1. The predicted octanol–water partition coefficient (Wildman–Crippen LogP) is 3.42. The Morgan fingerprint density at radius 3 is 2.48 bits per heavy atom. The molecule has 0 spiro atoms. The Hall–Kier alpha value is -3.48. The molecular weight excluding hydrogens is 414 g/mol. The zero-order chi connectivity index (χ0) is 22.6. The fourth-order valence-corrected chi connectivity index (χ4v) is 5.29. The fourth-order valence-electron chi connectivity index (χ4n) is 5.29. The van der Waals surface area contributed by atoms with Gasteiger partial charge in [0.05, 0.1) is 6.54 Å². The number of fused-ring (bicyclic) bond motifs is 1. The molecule has 3 unspecified atom stereocenters. The largest absolute Gasteiger partial charge is 0.350 e. The summed E-state index contributed by atoms with van der Waals surface area (Å²) < 4.78 is 1.77. The summed E-state index contributed by atoms with van der Waals surface area (Å²) in [6.45, 7) is 1.11. The van der Waals surface area contributed by atoms with Crippen LogP contribution in [0.25, 0.3) is 0 Å². The number of hydrogen-bond acceptors (Lipinski definition) is 4. The monoisotopic (exact) mass is 443 g/mol. The van der Waals surface area contributed by atoms with Crippen molar-refractivity contribution in [2.45, 2.75) is 57.3 Å². The van der Waals surface area contributed by atoms with Crippen molar-refractivity contribution in [1.29, 1.82) is 0 Å². The van der Waals surface area contributed by atoms with Gasteiger partial charge in [-0.1, -0.05) is 55.3 Å². The van der Waals surface area contributed by atoms with E-state index >= 15 is 0 Å². The predicted molar refractivity (Wildman–Crippen MR) is 124 cm³/mol. The van der Waals surface area contributed by atoms with E-state index < -0.39 is 6.04 Å². The molecule has 5 rings (SSSR count). The zero-order valence-electron chi connectivity index (χ0n) is 18.6. The Labute approximate surface area is 193 Å². The lowest BCUT2D eigenvalue weighted by molar-refractivity contribution is -0.125. The Kier molecular flexibility index (Phi) is 6.19. The van der Waals surface area contributed by atoms with Crippen molar-refractivity contribution in [3.63, 3.8) is 0 Å². The van der Waals surface area contributed by atoms with Gasteiger partial charge in [0.2, 0.25) is 5.91 Å². The SMILES string of the molecule is O=C(NCc1ccc(Cn2cncn2)cc1)C1CC2CCCCC2N1C(=O)c1ccccc1. The number of carbonyl (C=O) groups excluding carboxylic acids is 2. The summed E-state index contributed by atoms with van der Waals surface area (Å²) >= 11 is 0. The van der Waals surface area contributed by atoms with Gasteiger partial charge in [0.25, 0.3) is 5.91 Å². The summed E-state index contributed by atoms with van der Waals surface area (Å²) in [5, 5.41) is 7.22. The zero-order valence-corrected chi connectivity index (χ0v) is 18.6. The van der Waals surface area contributed by atoms with Gasteiger partial charge in [-0.05, 0) is 48.4 Å². The van der Waals surface area contributed by atoms with E-state index in [0.717, 1.165) is 36.8 Å². The van der Waals surface area contributed by atoms with Crippen LogP contribution in [0.2, 0.25) is 0 Å². The first kappa shape index (κ1) is 21.4. The molecule has 2 fully saturated rings. The highest BCUT2D eigenvalue weighted by molar-refractivity contribution is 5.98. The van der Waals surface area contributed by atoms with Gasteiger partial charge < -0.3 is 10.2 Å². The number of benzene rings is 2. The van der Waals surface area contributed by atoms with Crippen LogP contribution in [0.3, 0.4) is 0 Å². The second-order valence-corrected chi connectivity index (χ2v) is 9.07. The number of nitrogens with zero attached hydrogens (tertiary/aromatic N) is 4. The van der Waals surface area contributed by atoms with E-state index in [4.69, 9.17) is 0 Å². The first-order valence-corrected chi connectivity index (χ1v) is 11.7. The third-order valence-corrected chi connectivity index (χ3v) is 6.95. The smallest absolute Gasteiger partial charge is 0.254 e. The Bertz CT molecular complexity index is 1080. The van der Waals surface area contributed by atoms with Crippen LogP contribution in [0.15, 0.2) is 67.3 Å². The summed E-state index contributed by atoms with van der Waals surface area (Å²) in [6, 6.07) is 17.2. The fraction of sp³-hybridized carbons (Fsp3) is 0.385. The van der Waals surface area contributed by atoms with Crippen LogP contribution in [-0.2, 0) is 17.9 Å². The van der Waals surface area contributed by atoms with Gasteiger partial charge in [-0.3, -0.25) is 9.59 Å². The summed E-state index contributed by atoms with van der Waals surface area (Å²) in [5.74, 6) is 0.334. The van der Waals surface area contributed by atoms with Crippen molar-refractivity contribution >= 4 is 11.8 Å². The second kappa shape index (κ2) is 9.57.